The van der Waals surface area contributed by atoms with E-state index in [0.29, 0.717) is 5.56 Å². The number of benzene rings is 2. The largest absolute Gasteiger partial charge is 0.396 e. The van der Waals surface area contributed by atoms with E-state index in [1.165, 1.54) is 5.56 Å². The zero-order chi connectivity index (χ0) is 19.2. The van der Waals surface area contributed by atoms with Crippen LogP contribution in [0.4, 0.5) is 0 Å². The second kappa shape index (κ2) is 8.85. The number of aryl methyl sites for hydroxylation is 1. The zero-order valence-corrected chi connectivity index (χ0v) is 16.0. The average molecular weight is 361 g/mol. The number of hydrogen-bond acceptors (Lipinski definition) is 3. The number of H-pyrrole nitrogens is 1. The standard InChI is InChI=1S/C23H27N3O/c1-16(25-17(2)19-7-4-3-5-8-19)11-18-12-20-14-22(9-6-10-27)26-23(20)21(13-18)15-24/h3-5,7-8,12-14,16-17,25-27H,6,9-11H2,1-2H3/t16-,17-/m1/s1. The van der Waals surface area contributed by atoms with Gasteiger partial charge in [-0.25, -0.2) is 0 Å². The fourth-order valence-corrected chi connectivity index (χ4v) is 3.65. The number of hydrogen-bond donors (Lipinski definition) is 3. The minimum Gasteiger partial charge on any atom is -0.396 e. The van der Waals surface area contributed by atoms with Crippen LogP contribution in [0, 0.1) is 11.3 Å². The number of rotatable bonds is 8. The highest BCUT2D eigenvalue weighted by molar-refractivity contribution is 5.86. The SMILES string of the molecule is C[C@H](Cc1cc(C#N)c2[nH]c(CCCO)cc2c1)N[C@H](C)c1ccccc1. The molecule has 3 rings (SSSR count). The molecule has 0 aliphatic heterocycles. The van der Waals surface area contributed by atoms with Gasteiger partial charge in [0.2, 0.25) is 0 Å². The minimum atomic E-state index is 0.175. The molecular formula is C23H27N3O. The number of aromatic nitrogens is 1. The fraction of sp³-hybridized carbons (Fsp3) is 0.348. The quantitative estimate of drug-likeness (QED) is 0.562. The highest BCUT2D eigenvalue weighted by Gasteiger charge is 2.13. The smallest absolute Gasteiger partial charge is 0.101 e. The maximum absolute atomic E-state index is 9.55. The van der Waals surface area contributed by atoms with E-state index in [4.69, 9.17) is 5.11 Å². The molecule has 140 valence electrons. The lowest BCUT2D eigenvalue weighted by Gasteiger charge is -2.20. The van der Waals surface area contributed by atoms with Gasteiger partial charge in [-0.05, 0) is 62.4 Å². The topological polar surface area (TPSA) is 71.8 Å². The van der Waals surface area contributed by atoms with Crippen LogP contribution in [0.1, 0.15) is 48.7 Å². The van der Waals surface area contributed by atoms with Crippen LogP contribution in [0.15, 0.2) is 48.5 Å². The van der Waals surface area contributed by atoms with E-state index in [2.05, 4.69) is 66.6 Å². The Labute approximate surface area is 160 Å². The van der Waals surface area contributed by atoms with Gasteiger partial charge in [-0.1, -0.05) is 30.3 Å². The third-order valence-corrected chi connectivity index (χ3v) is 4.94. The summed E-state index contributed by atoms with van der Waals surface area (Å²) >= 11 is 0. The third kappa shape index (κ3) is 4.77. The monoisotopic (exact) mass is 361 g/mol. The van der Waals surface area contributed by atoms with Crippen molar-refractivity contribution in [3.05, 3.63) is 70.9 Å². The van der Waals surface area contributed by atoms with Gasteiger partial charge in [-0.2, -0.15) is 5.26 Å². The van der Waals surface area contributed by atoms with Crippen molar-refractivity contribution in [2.75, 3.05) is 6.61 Å². The molecule has 27 heavy (non-hydrogen) atoms. The minimum absolute atomic E-state index is 0.175. The number of nitrogens with zero attached hydrogens (tertiary/aromatic N) is 1. The van der Waals surface area contributed by atoms with Gasteiger partial charge in [0.05, 0.1) is 11.1 Å². The van der Waals surface area contributed by atoms with E-state index in [9.17, 15) is 5.26 Å². The lowest BCUT2D eigenvalue weighted by molar-refractivity contribution is 0.288. The summed E-state index contributed by atoms with van der Waals surface area (Å²) in [5.41, 5.74) is 5.08. The first-order valence-electron chi connectivity index (χ1n) is 9.57. The zero-order valence-electron chi connectivity index (χ0n) is 16.0. The van der Waals surface area contributed by atoms with Crippen molar-refractivity contribution in [3.8, 4) is 6.07 Å². The van der Waals surface area contributed by atoms with Gasteiger partial charge in [0, 0.05) is 29.8 Å². The van der Waals surface area contributed by atoms with Gasteiger partial charge in [0.25, 0.3) is 0 Å². The van der Waals surface area contributed by atoms with E-state index >= 15 is 0 Å². The Morgan fingerprint density at radius 2 is 1.93 bits per heavy atom. The van der Waals surface area contributed by atoms with E-state index in [0.717, 1.165) is 41.4 Å². The Bertz CT molecular complexity index is 924. The maximum atomic E-state index is 9.55. The van der Waals surface area contributed by atoms with Crippen LogP contribution in [0.3, 0.4) is 0 Å². The molecule has 1 aromatic heterocycles. The summed E-state index contributed by atoms with van der Waals surface area (Å²) in [6, 6.07) is 19.6. The molecule has 2 aromatic carbocycles. The molecule has 0 fully saturated rings. The summed E-state index contributed by atoms with van der Waals surface area (Å²) in [5, 5.41) is 23.3. The molecule has 4 heteroatoms. The highest BCUT2D eigenvalue weighted by Crippen LogP contribution is 2.23. The summed E-state index contributed by atoms with van der Waals surface area (Å²) < 4.78 is 0. The van der Waals surface area contributed by atoms with E-state index in [1.807, 2.05) is 12.1 Å². The summed E-state index contributed by atoms with van der Waals surface area (Å²) in [7, 11) is 0. The highest BCUT2D eigenvalue weighted by atomic mass is 16.2. The van der Waals surface area contributed by atoms with Crippen molar-refractivity contribution in [3.63, 3.8) is 0 Å². The predicted molar refractivity (Wildman–Crippen MR) is 110 cm³/mol. The van der Waals surface area contributed by atoms with Crippen molar-refractivity contribution < 1.29 is 5.11 Å². The average Bonchev–Trinajstić information content (AvgIpc) is 3.09. The lowest BCUT2D eigenvalue weighted by Crippen LogP contribution is -2.30. The molecule has 3 N–H and O–H groups in total. The van der Waals surface area contributed by atoms with Crippen molar-refractivity contribution in [2.45, 2.75) is 45.2 Å². The molecule has 0 aliphatic rings. The summed E-state index contributed by atoms with van der Waals surface area (Å²) in [6.45, 7) is 4.53. The van der Waals surface area contributed by atoms with Crippen LogP contribution in [-0.2, 0) is 12.8 Å². The van der Waals surface area contributed by atoms with Gasteiger partial charge in [0.1, 0.15) is 6.07 Å². The molecular weight excluding hydrogens is 334 g/mol. The van der Waals surface area contributed by atoms with Gasteiger partial charge in [-0.3, -0.25) is 0 Å². The molecule has 3 aromatic rings. The number of aliphatic hydroxyl groups is 1. The fourth-order valence-electron chi connectivity index (χ4n) is 3.65. The van der Waals surface area contributed by atoms with Crippen LogP contribution in [0.25, 0.3) is 10.9 Å². The van der Waals surface area contributed by atoms with Crippen LogP contribution in [0.2, 0.25) is 0 Å². The molecule has 4 nitrogen and oxygen atoms in total. The molecule has 2 atom stereocenters. The molecule has 0 bridgehead atoms. The van der Waals surface area contributed by atoms with Crippen LogP contribution >= 0.6 is 0 Å². The van der Waals surface area contributed by atoms with Gasteiger partial charge in [-0.15, -0.1) is 0 Å². The first-order valence-corrected chi connectivity index (χ1v) is 9.57. The van der Waals surface area contributed by atoms with Crippen LogP contribution < -0.4 is 5.32 Å². The Balaban J connectivity index is 1.75. The normalized spacial score (nSPS) is 13.4. The number of nitriles is 1. The summed E-state index contributed by atoms with van der Waals surface area (Å²) in [6.07, 6.45) is 2.37. The van der Waals surface area contributed by atoms with Gasteiger partial charge >= 0.3 is 0 Å². The number of aliphatic hydroxyl groups excluding tert-OH is 1. The Hall–Kier alpha value is -2.61. The molecule has 0 spiro atoms. The second-order valence-electron chi connectivity index (χ2n) is 7.25. The van der Waals surface area contributed by atoms with Crippen LogP contribution in [-0.4, -0.2) is 22.7 Å². The molecule has 0 aliphatic carbocycles. The molecule has 0 unspecified atom stereocenters. The first kappa shape index (κ1) is 19.2. The number of nitrogens with one attached hydrogen (secondary N) is 2. The van der Waals surface area contributed by atoms with E-state index in [1.54, 1.807) is 0 Å². The molecule has 0 radical (unpaired) electrons. The van der Waals surface area contributed by atoms with E-state index in [-0.39, 0.29) is 18.7 Å². The Kier molecular flexibility index (Phi) is 6.28. The van der Waals surface area contributed by atoms with Crippen molar-refractivity contribution in [1.29, 1.82) is 5.26 Å². The molecule has 0 amide bonds. The van der Waals surface area contributed by atoms with E-state index < -0.39 is 0 Å². The third-order valence-electron chi connectivity index (χ3n) is 4.94. The maximum Gasteiger partial charge on any atom is 0.101 e. The van der Waals surface area contributed by atoms with Crippen LogP contribution in [0.5, 0.6) is 0 Å². The van der Waals surface area contributed by atoms with Crippen molar-refractivity contribution in [1.82, 2.24) is 10.3 Å². The first-order chi connectivity index (χ1) is 13.1. The summed E-state index contributed by atoms with van der Waals surface area (Å²) in [5.74, 6) is 0. The Morgan fingerprint density at radius 3 is 2.63 bits per heavy atom. The van der Waals surface area contributed by atoms with Crippen molar-refractivity contribution >= 4 is 10.9 Å². The molecule has 1 heterocycles. The summed E-state index contributed by atoms with van der Waals surface area (Å²) in [4.78, 5) is 3.33. The van der Waals surface area contributed by atoms with Gasteiger partial charge < -0.3 is 15.4 Å². The second-order valence-corrected chi connectivity index (χ2v) is 7.25. The number of aromatic amines is 1. The Morgan fingerprint density at radius 1 is 1.15 bits per heavy atom. The number of fused-ring (bicyclic) bond motifs is 1. The molecule has 0 saturated carbocycles. The molecule has 0 saturated heterocycles. The van der Waals surface area contributed by atoms with Crippen molar-refractivity contribution in [2.24, 2.45) is 0 Å². The lowest BCUT2D eigenvalue weighted by atomic mass is 10.0. The van der Waals surface area contributed by atoms with Gasteiger partial charge in [0.15, 0.2) is 0 Å². The predicted octanol–water partition coefficient (Wildman–Crippen LogP) is 4.25.